The first-order valence-electron chi connectivity index (χ1n) is 7.98. The predicted octanol–water partition coefficient (Wildman–Crippen LogP) is 2.49. The van der Waals surface area contributed by atoms with E-state index < -0.39 is 0 Å². The van der Waals surface area contributed by atoms with Gasteiger partial charge >= 0.3 is 0 Å². The smallest absolute Gasteiger partial charge is 0.115 e. The highest BCUT2D eigenvalue weighted by atomic mass is 16.3. The van der Waals surface area contributed by atoms with Crippen LogP contribution in [-0.4, -0.2) is 53.2 Å². The maximum atomic E-state index is 9.31. The highest BCUT2D eigenvalue weighted by Gasteiger charge is 2.31. The molecule has 3 rings (SSSR count). The summed E-state index contributed by atoms with van der Waals surface area (Å²) in [5.74, 6) is 0.360. The van der Waals surface area contributed by atoms with Crippen LogP contribution >= 0.6 is 0 Å². The molecule has 0 bridgehead atoms. The second kappa shape index (κ2) is 6.15. The van der Waals surface area contributed by atoms with E-state index in [1.165, 1.54) is 51.0 Å². The summed E-state index contributed by atoms with van der Waals surface area (Å²) in [6.07, 6.45) is 5.09. The zero-order valence-corrected chi connectivity index (χ0v) is 12.5. The topological polar surface area (TPSA) is 26.7 Å². The molecule has 2 saturated heterocycles. The fraction of sp³-hybridized carbons (Fsp3) is 0.647. The largest absolute Gasteiger partial charge is 0.508 e. The molecule has 3 heteroatoms. The Kier molecular flexibility index (Phi) is 4.27. The van der Waals surface area contributed by atoms with Crippen molar-refractivity contribution in [2.45, 2.75) is 44.7 Å². The van der Waals surface area contributed by atoms with Crippen LogP contribution in [0.15, 0.2) is 24.3 Å². The minimum atomic E-state index is 0.360. The summed E-state index contributed by atoms with van der Waals surface area (Å²) in [5.41, 5.74) is 1.33. The van der Waals surface area contributed by atoms with Crippen molar-refractivity contribution in [3.05, 3.63) is 29.8 Å². The van der Waals surface area contributed by atoms with Crippen molar-refractivity contribution >= 4 is 0 Å². The number of rotatable bonds is 4. The molecular formula is C17H26N2O. The average Bonchev–Trinajstić information content (AvgIpc) is 2.93. The second-order valence-electron chi connectivity index (χ2n) is 6.38. The number of fused-ring (bicyclic) bond motifs is 1. The highest BCUT2D eigenvalue weighted by molar-refractivity contribution is 5.25. The number of piperazine rings is 1. The van der Waals surface area contributed by atoms with E-state index in [4.69, 9.17) is 0 Å². The van der Waals surface area contributed by atoms with Gasteiger partial charge in [0.2, 0.25) is 0 Å². The van der Waals surface area contributed by atoms with E-state index in [9.17, 15) is 5.11 Å². The molecule has 0 spiro atoms. The molecule has 3 nitrogen and oxygen atoms in total. The summed E-state index contributed by atoms with van der Waals surface area (Å²) in [6.45, 7) is 7.43. The molecule has 0 amide bonds. The van der Waals surface area contributed by atoms with Crippen molar-refractivity contribution in [3.8, 4) is 5.75 Å². The van der Waals surface area contributed by atoms with Gasteiger partial charge in [0.15, 0.2) is 0 Å². The summed E-state index contributed by atoms with van der Waals surface area (Å²) in [6, 6.07) is 9.13. The number of nitrogens with zero attached hydrogens (tertiary/aromatic N) is 2. The number of aromatic hydroxyl groups is 1. The lowest BCUT2D eigenvalue weighted by Gasteiger charge is -2.40. The van der Waals surface area contributed by atoms with Crippen LogP contribution in [0.1, 0.15) is 31.7 Å². The lowest BCUT2D eigenvalue weighted by molar-refractivity contribution is 0.0744. The zero-order valence-electron chi connectivity index (χ0n) is 12.5. The molecule has 0 radical (unpaired) electrons. The van der Waals surface area contributed by atoms with Crippen LogP contribution in [0.2, 0.25) is 0 Å². The van der Waals surface area contributed by atoms with Gasteiger partial charge in [-0.25, -0.2) is 0 Å². The molecule has 2 heterocycles. The molecule has 1 N–H and O–H groups in total. The van der Waals surface area contributed by atoms with Gasteiger partial charge in [0, 0.05) is 31.7 Å². The first kappa shape index (κ1) is 13.9. The van der Waals surface area contributed by atoms with Crippen LogP contribution in [0.25, 0.3) is 0 Å². The lowest BCUT2D eigenvalue weighted by atomic mass is 10.0. The van der Waals surface area contributed by atoms with Gasteiger partial charge in [-0.2, -0.15) is 0 Å². The van der Waals surface area contributed by atoms with Gasteiger partial charge in [-0.3, -0.25) is 9.80 Å². The fourth-order valence-corrected chi connectivity index (χ4v) is 3.64. The Bertz CT molecular complexity index is 431. The van der Waals surface area contributed by atoms with Crippen molar-refractivity contribution < 1.29 is 5.11 Å². The van der Waals surface area contributed by atoms with Gasteiger partial charge in [-0.15, -0.1) is 0 Å². The van der Waals surface area contributed by atoms with Crippen LogP contribution in [0.4, 0.5) is 0 Å². The van der Waals surface area contributed by atoms with Crippen LogP contribution in [-0.2, 0) is 6.42 Å². The van der Waals surface area contributed by atoms with Crippen LogP contribution < -0.4 is 0 Å². The third-order valence-electron chi connectivity index (χ3n) is 5.03. The molecule has 2 aliphatic heterocycles. The standard InChI is InChI=1S/C17H26N2O/c1-14(4-5-15-6-8-17(20)9-7-15)19-12-11-18-10-2-3-16(18)13-19/h6-9,14,16,20H,2-5,10-13H2,1H3. The van der Waals surface area contributed by atoms with Crippen molar-refractivity contribution in [2.75, 3.05) is 26.2 Å². The summed E-state index contributed by atoms with van der Waals surface area (Å²) in [5, 5.41) is 9.31. The number of hydrogen-bond donors (Lipinski definition) is 1. The molecule has 2 atom stereocenters. The lowest BCUT2D eigenvalue weighted by Crippen LogP contribution is -2.52. The van der Waals surface area contributed by atoms with Gasteiger partial charge in [0.05, 0.1) is 0 Å². The van der Waals surface area contributed by atoms with Crippen molar-refractivity contribution in [1.82, 2.24) is 9.80 Å². The molecule has 2 aliphatic rings. The van der Waals surface area contributed by atoms with E-state index in [0.29, 0.717) is 11.8 Å². The normalized spacial score (nSPS) is 25.6. The molecule has 2 unspecified atom stereocenters. The SMILES string of the molecule is CC(CCc1ccc(O)cc1)N1CCN2CCCC2C1. The Morgan fingerprint density at radius 3 is 2.80 bits per heavy atom. The number of benzene rings is 1. The van der Waals surface area contributed by atoms with E-state index >= 15 is 0 Å². The van der Waals surface area contributed by atoms with Gasteiger partial charge in [0.25, 0.3) is 0 Å². The van der Waals surface area contributed by atoms with Crippen LogP contribution in [0.5, 0.6) is 5.75 Å². The summed E-state index contributed by atoms with van der Waals surface area (Å²) in [7, 11) is 0. The summed E-state index contributed by atoms with van der Waals surface area (Å²) >= 11 is 0. The summed E-state index contributed by atoms with van der Waals surface area (Å²) in [4.78, 5) is 5.34. The number of phenols is 1. The van der Waals surface area contributed by atoms with Crippen molar-refractivity contribution in [3.63, 3.8) is 0 Å². The molecule has 1 aromatic carbocycles. The first-order valence-corrected chi connectivity index (χ1v) is 7.98. The number of phenolic OH excluding ortho intramolecular Hbond substituents is 1. The molecule has 2 fully saturated rings. The van der Waals surface area contributed by atoms with Gasteiger partial charge in [-0.1, -0.05) is 12.1 Å². The van der Waals surface area contributed by atoms with Crippen molar-refractivity contribution in [1.29, 1.82) is 0 Å². The summed E-state index contributed by atoms with van der Waals surface area (Å²) < 4.78 is 0. The molecule has 1 aromatic rings. The van der Waals surface area contributed by atoms with Crippen molar-refractivity contribution in [2.24, 2.45) is 0 Å². The van der Waals surface area contributed by atoms with Gasteiger partial charge in [0.1, 0.15) is 5.75 Å². The third kappa shape index (κ3) is 3.15. The quantitative estimate of drug-likeness (QED) is 0.914. The van der Waals surface area contributed by atoms with E-state index in [2.05, 4.69) is 16.7 Å². The first-order chi connectivity index (χ1) is 9.72. The Morgan fingerprint density at radius 2 is 2.00 bits per heavy atom. The zero-order chi connectivity index (χ0) is 13.9. The van der Waals surface area contributed by atoms with Gasteiger partial charge < -0.3 is 5.11 Å². The molecule has 20 heavy (non-hydrogen) atoms. The monoisotopic (exact) mass is 274 g/mol. The van der Waals surface area contributed by atoms with E-state index in [-0.39, 0.29) is 0 Å². The molecule has 0 saturated carbocycles. The Hall–Kier alpha value is -1.06. The molecule has 0 aromatic heterocycles. The third-order valence-corrected chi connectivity index (χ3v) is 5.03. The maximum Gasteiger partial charge on any atom is 0.115 e. The Labute approximate surface area is 122 Å². The van der Waals surface area contributed by atoms with E-state index in [1.807, 2.05) is 12.1 Å². The molecular weight excluding hydrogens is 248 g/mol. The fourth-order valence-electron chi connectivity index (χ4n) is 3.64. The highest BCUT2D eigenvalue weighted by Crippen LogP contribution is 2.23. The minimum absolute atomic E-state index is 0.360. The minimum Gasteiger partial charge on any atom is -0.508 e. The Balaban J connectivity index is 1.49. The average molecular weight is 274 g/mol. The number of aryl methyl sites for hydroxylation is 1. The molecule has 110 valence electrons. The number of hydrogen-bond acceptors (Lipinski definition) is 3. The van der Waals surface area contributed by atoms with E-state index in [0.717, 1.165) is 12.5 Å². The maximum absolute atomic E-state index is 9.31. The second-order valence-corrected chi connectivity index (χ2v) is 6.38. The van der Waals surface area contributed by atoms with Crippen LogP contribution in [0.3, 0.4) is 0 Å². The van der Waals surface area contributed by atoms with E-state index in [1.54, 1.807) is 12.1 Å². The molecule has 0 aliphatic carbocycles. The Morgan fingerprint density at radius 1 is 1.20 bits per heavy atom. The predicted molar refractivity (Wildman–Crippen MR) is 82.1 cm³/mol. The van der Waals surface area contributed by atoms with Crippen LogP contribution in [0, 0.1) is 0 Å². The van der Waals surface area contributed by atoms with Gasteiger partial charge in [-0.05, 0) is 56.8 Å².